The molecular weight excluding hydrogens is 132 g/mol. The summed E-state index contributed by atoms with van der Waals surface area (Å²) in [6.45, 7) is 0. The van der Waals surface area contributed by atoms with E-state index >= 15 is 0 Å². The maximum absolute atomic E-state index is 8.33. The normalized spacial score (nSPS) is 34.2. The molecule has 1 aliphatic heterocycles. The van der Waals surface area contributed by atoms with Crippen molar-refractivity contribution in [2.24, 2.45) is 11.7 Å². The van der Waals surface area contributed by atoms with Gasteiger partial charge in [-0.3, -0.25) is 0 Å². The van der Waals surface area contributed by atoms with Crippen LogP contribution in [0.1, 0.15) is 6.42 Å². The standard InChI is InChI=1S/C6H10N2S/c7-2-1-5-3-9-4-6(5)8/h5-6H,1,3-4,8H2. The number of nitrogens with zero attached hydrogens (tertiary/aromatic N) is 1. The van der Waals surface area contributed by atoms with Crippen molar-refractivity contribution in [3.05, 3.63) is 0 Å². The number of hydrogen-bond donors (Lipinski definition) is 1. The number of rotatable bonds is 1. The summed E-state index contributed by atoms with van der Waals surface area (Å²) >= 11 is 1.85. The van der Waals surface area contributed by atoms with Crippen LogP contribution < -0.4 is 5.73 Å². The van der Waals surface area contributed by atoms with Crippen molar-refractivity contribution in [2.75, 3.05) is 11.5 Å². The van der Waals surface area contributed by atoms with Gasteiger partial charge in [0.1, 0.15) is 0 Å². The fourth-order valence-electron chi connectivity index (χ4n) is 0.943. The van der Waals surface area contributed by atoms with Crippen LogP contribution >= 0.6 is 11.8 Å². The molecule has 1 rings (SSSR count). The Morgan fingerprint density at radius 3 is 2.89 bits per heavy atom. The van der Waals surface area contributed by atoms with Crippen LogP contribution in [0, 0.1) is 17.2 Å². The molecule has 1 fully saturated rings. The van der Waals surface area contributed by atoms with E-state index in [9.17, 15) is 0 Å². The van der Waals surface area contributed by atoms with E-state index in [0.29, 0.717) is 12.3 Å². The molecule has 1 saturated heterocycles. The Kier molecular flexibility index (Phi) is 2.38. The molecule has 1 heterocycles. The highest BCUT2D eigenvalue weighted by Gasteiger charge is 2.23. The summed E-state index contributed by atoms with van der Waals surface area (Å²) in [6.07, 6.45) is 0.633. The molecule has 0 aliphatic carbocycles. The zero-order chi connectivity index (χ0) is 6.69. The lowest BCUT2D eigenvalue weighted by Crippen LogP contribution is -2.27. The largest absolute Gasteiger partial charge is 0.327 e. The summed E-state index contributed by atoms with van der Waals surface area (Å²) in [5, 5.41) is 8.33. The molecule has 0 aromatic heterocycles. The number of nitrogens with two attached hydrogens (primary N) is 1. The van der Waals surface area contributed by atoms with Gasteiger partial charge in [-0.05, 0) is 11.7 Å². The van der Waals surface area contributed by atoms with Gasteiger partial charge in [-0.2, -0.15) is 17.0 Å². The molecule has 0 aromatic rings. The minimum atomic E-state index is 0.273. The second kappa shape index (κ2) is 3.09. The van der Waals surface area contributed by atoms with E-state index in [2.05, 4.69) is 6.07 Å². The van der Waals surface area contributed by atoms with Gasteiger partial charge in [-0.25, -0.2) is 0 Å². The third-order valence-electron chi connectivity index (χ3n) is 1.60. The fraction of sp³-hybridized carbons (Fsp3) is 0.833. The Balaban J connectivity index is 2.33. The first kappa shape index (κ1) is 6.91. The smallest absolute Gasteiger partial charge is 0.0625 e. The van der Waals surface area contributed by atoms with E-state index < -0.39 is 0 Å². The minimum Gasteiger partial charge on any atom is -0.327 e. The summed E-state index contributed by atoms with van der Waals surface area (Å²) in [4.78, 5) is 0. The maximum atomic E-state index is 8.33. The molecular formula is C6H10N2S. The lowest BCUT2D eigenvalue weighted by molar-refractivity contribution is 0.529. The van der Waals surface area contributed by atoms with Gasteiger partial charge in [-0.1, -0.05) is 0 Å². The molecule has 0 saturated carbocycles. The zero-order valence-corrected chi connectivity index (χ0v) is 6.03. The second-order valence-corrected chi connectivity index (χ2v) is 3.40. The van der Waals surface area contributed by atoms with Crippen LogP contribution in [0.4, 0.5) is 0 Å². The first-order chi connectivity index (χ1) is 4.34. The third kappa shape index (κ3) is 1.60. The number of hydrogen-bond acceptors (Lipinski definition) is 3. The van der Waals surface area contributed by atoms with Crippen LogP contribution in [0.2, 0.25) is 0 Å². The van der Waals surface area contributed by atoms with Crippen LogP contribution in [0.15, 0.2) is 0 Å². The number of thioether (sulfide) groups is 1. The van der Waals surface area contributed by atoms with Gasteiger partial charge in [0.15, 0.2) is 0 Å². The van der Waals surface area contributed by atoms with Crippen LogP contribution in [0.3, 0.4) is 0 Å². The van der Waals surface area contributed by atoms with Gasteiger partial charge in [-0.15, -0.1) is 0 Å². The molecule has 2 nitrogen and oxygen atoms in total. The van der Waals surface area contributed by atoms with Crippen LogP contribution in [0.25, 0.3) is 0 Å². The summed E-state index contributed by atoms with van der Waals surface area (Å²) in [7, 11) is 0. The monoisotopic (exact) mass is 142 g/mol. The highest BCUT2D eigenvalue weighted by atomic mass is 32.2. The molecule has 2 unspecified atom stereocenters. The summed E-state index contributed by atoms with van der Waals surface area (Å²) < 4.78 is 0. The van der Waals surface area contributed by atoms with Gasteiger partial charge in [0, 0.05) is 18.2 Å². The van der Waals surface area contributed by atoms with Gasteiger partial charge in [0.2, 0.25) is 0 Å². The highest BCUT2D eigenvalue weighted by molar-refractivity contribution is 7.99. The van der Waals surface area contributed by atoms with Crippen LogP contribution in [0.5, 0.6) is 0 Å². The van der Waals surface area contributed by atoms with Crippen LogP contribution in [-0.4, -0.2) is 17.5 Å². The first-order valence-electron chi connectivity index (χ1n) is 3.05. The first-order valence-corrected chi connectivity index (χ1v) is 4.20. The fourth-order valence-corrected chi connectivity index (χ4v) is 2.29. The second-order valence-electron chi connectivity index (χ2n) is 2.32. The summed E-state index contributed by atoms with van der Waals surface area (Å²) in [5.74, 6) is 2.57. The lowest BCUT2D eigenvalue weighted by atomic mass is 10.0. The summed E-state index contributed by atoms with van der Waals surface area (Å²) in [6, 6.07) is 2.42. The minimum absolute atomic E-state index is 0.273. The van der Waals surface area contributed by atoms with Crippen molar-refractivity contribution in [3.63, 3.8) is 0 Å². The van der Waals surface area contributed by atoms with E-state index in [1.54, 1.807) is 0 Å². The molecule has 3 heteroatoms. The Morgan fingerprint density at radius 2 is 2.44 bits per heavy atom. The predicted octanol–water partition coefficient (Wildman–Crippen LogP) is 0.590. The van der Waals surface area contributed by atoms with Crippen molar-refractivity contribution in [1.29, 1.82) is 5.26 Å². The third-order valence-corrected chi connectivity index (χ3v) is 2.89. The zero-order valence-electron chi connectivity index (χ0n) is 5.21. The molecule has 2 N–H and O–H groups in total. The Labute approximate surface area is 59.4 Å². The van der Waals surface area contributed by atoms with E-state index in [1.807, 2.05) is 11.8 Å². The van der Waals surface area contributed by atoms with Gasteiger partial charge >= 0.3 is 0 Å². The average Bonchev–Trinajstić information content (AvgIpc) is 2.18. The highest BCUT2D eigenvalue weighted by Crippen LogP contribution is 2.24. The molecule has 0 spiro atoms. The van der Waals surface area contributed by atoms with E-state index in [-0.39, 0.29) is 6.04 Å². The van der Waals surface area contributed by atoms with E-state index in [4.69, 9.17) is 11.0 Å². The Bertz CT molecular complexity index is 130. The van der Waals surface area contributed by atoms with Crippen molar-refractivity contribution >= 4 is 11.8 Å². The van der Waals surface area contributed by atoms with Gasteiger partial charge in [0.05, 0.1) is 6.07 Å². The van der Waals surface area contributed by atoms with Crippen molar-refractivity contribution in [2.45, 2.75) is 12.5 Å². The van der Waals surface area contributed by atoms with Gasteiger partial charge < -0.3 is 5.73 Å². The quantitative estimate of drug-likeness (QED) is 0.583. The maximum Gasteiger partial charge on any atom is 0.0625 e. The Morgan fingerprint density at radius 1 is 1.67 bits per heavy atom. The average molecular weight is 142 g/mol. The van der Waals surface area contributed by atoms with Gasteiger partial charge in [0.25, 0.3) is 0 Å². The Hall–Kier alpha value is -0.200. The van der Waals surface area contributed by atoms with Crippen LogP contribution in [-0.2, 0) is 0 Å². The predicted molar refractivity (Wildman–Crippen MR) is 39.0 cm³/mol. The van der Waals surface area contributed by atoms with E-state index in [0.717, 1.165) is 11.5 Å². The molecule has 9 heavy (non-hydrogen) atoms. The molecule has 0 aromatic carbocycles. The molecule has 1 aliphatic rings. The molecule has 0 amide bonds. The SMILES string of the molecule is N#CCC1CSCC1N. The molecule has 50 valence electrons. The number of nitriles is 1. The van der Waals surface area contributed by atoms with Crippen molar-refractivity contribution < 1.29 is 0 Å². The van der Waals surface area contributed by atoms with E-state index in [1.165, 1.54) is 0 Å². The molecule has 2 atom stereocenters. The molecule has 0 radical (unpaired) electrons. The summed E-state index contributed by atoms with van der Waals surface area (Å²) in [5.41, 5.74) is 5.69. The topological polar surface area (TPSA) is 49.8 Å². The lowest BCUT2D eigenvalue weighted by Gasteiger charge is -2.07. The van der Waals surface area contributed by atoms with Crippen molar-refractivity contribution in [1.82, 2.24) is 0 Å². The molecule has 0 bridgehead atoms. The van der Waals surface area contributed by atoms with Crippen molar-refractivity contribution in [3.8, 4) is 6.07 Å².